The molecule has 3 heterocycles. The van der Waals surface area contributed by atoms with Crippen LogP contribution in [-0.2, 0) is 92.8 Å². The smallest absolute Gasteiger partial charge is 0.245 e. The van der Waals surface area contributed by atoms with Crippen LogP contribution in [0.4, 0.5) is 0 Å². The molecule has 34 nitrogen and oxygen atoms in total. The molecule has 35 heteroatoms. The van der Waals surface area contributed by atoms with E-state index in [0.29, 0.717) is 33.7 Å². The summed E-state index contributed by atoms with van der Waals surface area (Å²) in [5.41, 5.74) is 20.8. The van der Waals surface area contributed by atoms with Gasteiger partial charge < -0.3 is 85.9 Å². The fourth-order valence-electron chi connectivity index (χ4n) is 12.6. The number of likely N-dealkylation sites (tertiary alicyclic amines) is 1. The van der Waals surface area contributed by atoms with Gasteiger partial charge in [-0.05, 0) is 102 Å². The fourth-order valence-corrected chi connectivity index (χ4v) is 12.7. The maximum absolute atomic E-state index is 15.1. The van der Waals surface area contributed by atoms with E-state index in [1.54, 1.807) is 86.6 Å². The molecule has 0 bridgehead atoms. The molecule has 2 fully saturated rings. The number of halogens is 1. The minimum absolute atomic E-state index is 0.00510. The highest BCUT2D eigenvalue weighted by Crippen LogP contribution is 2.22. The molecule has 11 atom stereocenters. The number of nitrogens with zero attached hydrogens (tertiary/aromatic N) is 2. The van der Waals surface area contributed by atoms with Gasteiger partial charge in [-0.25, -0.2) is 5.84 Å². The Morgan fingerprint density at radius 2 is 1.25 bits per heavy atom. The molecule has 5 aromatic rings. The van der Waals surface area contributed by atoms with Crippen LogP contribution in [0.3, 0.4) is 0 Å². The standard InChI is InChI=1S/C74H97ClN20O14/c1-41(2)32-53-67(103)88-52(73(109)95-31-11-18-60(95)72(108)93-59(39-76)63(77)99)27-30-82-64(100)54(34-43-12-5-4-6-13-43)85-61(97)26-25-51(66(102)86-50(65(101)89-53)17-10-29-83-74(78)79)87-71(107)58(38-62(98)94-80)92-70(106)57(37-46-14-9-28-81-40-46)91-69(105)56(35-44-20-23-49(75)24-21-44)90-68(104)55(84-42(3)96)36-45-19-22-47-15-7-8-16-48(47)33-45/h4-9,12-16,19-24,28,33,40-41,50-60H,10-11,17-18,25-27,29-32,34-39,76,80H2,1-3H3,(H2,77,99)(H,82,100)(H,84,96)(H,85,97)(H,86,102)(H,87,107)(H,88,103)(H,89,101)(H,90,104)(H,91,105)(H,92,106)(H,93,108)(H,94,98)(H4,78,79,83)/t50-,51+,52+,53+,54+,55-,56-,57-,58+,59?,60+/m1/s1. The van der Waals surface area contributed by atoms with Crippen molar-refractivity contribution in [3.63, 3.8) is 0 Å². The molecular weight excluding hydrogens is 1430 g/mol. The molecule has 2 aliphatic rings. The number of hydrogen-bond donors (Lipinski definition) is 18. The number of carbonyl (C=O) groups is 14. The van der Waals surface area contributed by atoms with Crippen LogP contribution in [0.5, 0.6) is 0 Å². The zero-order chi connectivity index (χ0) is 79.3. The van der Waals surface area contributed by atoms with E-state index in [1.807, 2.05) is 41.8 Å². The number of nitrogens with two attached hydrogens (primary N) is 4. The Morgan fingerprint density at radius 3 is 1.88 bits per heavy atom. The molecule has 109 heavy (non-hydrogen) atoms. The minimum atomic E-state index is -1.97. The number of amides is 14. The zero-order valence-electron chi connectivity index (χ0n) is 60.8. The van der Waals surface area contributed by atoms with Crippen molar-refractivity contribution in [3.8, 4) is 0 Å². The molecule has 4 aromatic carbocycles. The first kappa shape index (κ1) is 84.6. The Labute approximate surface area is 634 Å². The van der Waals surface area contributed by atoms with Crippen LogP contribution in [0.15, 0.2) is 122 Å². The number of primary amides is 1. The molecule has 0 spiro atoms. The largest absolute Gasteiger partial charge is 0.370 e. The van der Waals surface area contributed by atoms with Gasteiger partial charge in [-0.3, -0.25) is 82.9 Å². The highest BCUT2D eigenvalue weighted by atomic mass is 35.5. The van der Waals surface area contributed by atoms with E-state index < -0.39 is 174 Å². The van der Waals surface area contributed by atoms with Crippen molar-refractivity contribution in [1.29, 1.82) is 5.41 Å². The van der Waals surface area contributed by atoms with Gasteiger partial charge in [0.2, 0.25) is 82.7 Å². The van der Waals surface area contributed by atoms with Gasteiger partial charge in [0.1, 0.15) is 66.5 Å². The first-order chi connectivity index (χ1) is 52.1. The van der Waals surface area contributed by atoms with E-state index in [9.17, 15) is 52.7 Å². The van der Waals surface area contributed by atoms with Crippen molar-refractivity contribution in [2.75, 3.05) is 26.2 Å². The number of hydrazine groups is 1. The highest BCUT2D eigenvalue weighted by Gasteiger charge is 2.41. The molecule has 2 aliphatic heterocycles. The van der Waals surface area contributed by atoms with Gasteiger partial charge in [0, 0.05) is 82.6 Å². The molecule has 1 aromatic heterocycles. The first-order valence-electron chi connectivity index (χ1n) is 35.9. The van der Waals surface area contributed by atoms with Gasteiger partial charge in [-0.2, -0.15) is 0 Å². The average Bonchev–Trinajstić information content (AvgIpc) is 1.81. The van der Waals surface area contributed by atoms with E-state index in [4.69, 9.17) is 40.1 Å². The summed E-state index contributed by atoms with van der Waals surface area (Å²) in [6.07, 6.45) is -0.0751. The summed E-state index contributed by atoms with van der Waals surface area (Å²) in [6, 6.07) is 14.6. The normalized spacial score (nSPS) is 19.4. The van der Waals surface area contributed by atoms with E-state index >= 15 is 14.4 Å². The van der Waals surface area contributed by atoms with Crippen molar-refractivity contribution in [1.82, 2.24) is 79.1 Å². The predicted molar refractivity (Wildman–Crippen MR) is 401 cm³/mol. The quantitative estimate of drug-likeness (QED) is 0.00562. The van der Waals surface area contributed by atoms with Crippen molar-refractivity contribution in [2.24, 2.45) is 29.0 Å². The van der Waals surface area contributed by atoms with Gasteiger partial charge >= 0.3 is 0 Å². The third-order valence-electron chi connectivity index (χ3n) is 18.2. The number of rotatable bonds is 30. The van der Waals surface area contributed by atoms with Gasteiger partial charge in [0.05, 0.1) is 6.42 Å². The second kappa shape index (κ2) is 42.0. The lowest BCUT2D eigenvalue weighted by Gasteiger charge is -2.31. The van der Waals surface area contributed by atoms with E-state index in [1.165, 1.54) is 24.2 Å². The topological polar surface area (TPSA) is 539 Å². The second-order valence-corrected chi connectivity index (χ2v) is 27.6. The summed E-state index contributed by atoms with van der Waals surface area (Å²) in [4.78, 5) is 205. The highest BCUT2D eigenvalue weighted by molar-refractivity contribution is 6.30. The Kier molecular flexibility index (Phi) is 32.6. The predicted octanol–water partition coefficient (Wildman–Crippen LogP) is -2.55. The minimum Gasteiger partial charge on any atom is -0.370 e. The Bertz CT molecular complexity index is 4070. The van der Waals surface area contributed by atoms with Crippen LogP contribution < -0.4 is 92.3 Å². The summed E-state index contributed by atoms with van der Waals surface area (Å²) in [7, 11) is 0. The number of guanidine groups is 1. The monoisotopic (exact) mass is 1520 g/mol. The van der Waals surface area contributed by atoms with Gasteiger partial charge in [0.25, 0.3) is 0 Å². The van der Waals surface area contributed by atoms with E-state index in [-0.39, 0.29) is 89.9 Å². The molecule has 0 aliphatic carbocycles. The summed E-state index contributed by atoms with van der Waals surface area (Å²) >= 11 is 6.25. The molecule has 2 saturated heterocycles. The molecule has 14 amide bonds. The van der Waals surface area contributed by atoms with Gasteiger partial charge in [-0.15, -0.1) is 0 Å². The average molecular weight is 1530 g/mol. The van der Waals surface area contributed by atoms with Crippen molar-refractivity contribution in [2.45, 2.75) is 171 Å². The Morgan fingerprint density at radius 1 is 0.633 bits per heavy atom. The number of hydrogen-bond acceptors (Lipinski definition) is 18. The molecule has 0 saturated carbocycles. The van der Waals surface area contributed by atoms with Gasteiger partial charge in [0.15, 0.2) is 5.96 Å². The third kappa shape index (κ3) is 27.0. The number of nitrogens with one attached hydrogen (secondary N) is 14. The SMILES string of the molecule is CC(=O)N[C@H](Cc1ccc2ccccc2c1)C(=O)N[C@H](Cc1ccc(Cl)cc1)C(=O)N[C@H](Cc1cccnc1)C(=O)N[C@@H](CC(=O)NN)C(=O)N[C@H]1CCC(=O)N[C@@H](Cc2ccccc2)C(=O)NCC[C@@H](C(=O)N2CCC[C@H]2C(=O)NC(CN)C(N)=O)NC(=O)[C@H](CC(C)C)NC(=O)[C@@H](CCCNC(=N)N)NC1=O. The van der Waals surface area contributed by atoms with E-state index in [2.05, 4.69) is 68.8 Å². The van der Waals surface area contributed by atoms with Crippen LogP contribution in [-0.4, -0.2) is 191 Å². The number of benzene rings is 4. The second-order valence-electron chi connectivity index (χ2n) is 27.2. The molecule has 7 rings (SSSR count). The first-order valence-corrected chi connectivity index (χ1v) is 36.2. The number of carbonyl (C=O) groups excluding carboxylic acids is 14. The molecular formula is C74H97ClN20O14. The molecule has 1 unspecified atom stereocenters. The third-order valence-corrected chi connectivity index (χ3v) is 18.4. The zero-order valence-corrected chi connectivity index (χ0v) is 61.5. The van der Waals surface area contributed by atoms with Crippen molar-refractivity contribution < 1.29 is 67.1 Å². The summed E-state index contributed by atoms with van der Waals surface area (Å²) in [5, 5.41) is 41.6. The number of aromatic nitrogens is 1. The van der Waals surface area contributed by atoms with Crippen LogP contribution in [0.25, 0.3) is 10.8 Å². The lowest BCUT2D eigenvalue weighted by molar-refractivity contribution is -0.142. The maximum atomic E-state index is 15.1. The summed E-state index contributed by atoms with van der Waals surface area (Å²) in [5.74, 6) is -7.84. The summed E-state index contributed by atoms with van der Waals surface area (Å²) < 4.78 is 0. The molecule has 22 N–H and O–H groups in total. The van der Waals surface area contributed by atoms with Crippen molar-refractivity contribution >= 4 is 111 Å². The molecule has 0 radical (unpaired) electrons. The van der Waals surface area contributed by atoms with Crippen LogP contribution in [0.2, 0.25) is 5.02 Å². The molecule has 584 valence electrons. The number of pyridine rings is 1. The fraction of sp³-hybridized carbons (Fsp3) is 0.432. The number of fused-ring (bicyclic) bond motifs is 1. The van der Waals surface area contributed by atoms with E-state index in [0.717, 1.165) is 10.8 Å². The van der Waals surface area contributed by atoms with Crippen LogP contribution in [0.1, 0.15) is 101 Å². The van der Waals surface area contributed by atoms with Crippen molar-refractivity contribution in [3.05, 3.63) is 149 Å². The summed E-state index contributed by atoms with van der Waals surface area (Å²) in [6.45, 7) is 4.07. The van der Waals surface area contributed by atoms with Crippen LogP contribution in [0, 0.1) is 11.3 Å². The Balaban J connectivity index is 1.22. The lowest BCUT2D eigenvalue weighted by Crippen LogP contribution is -2.61. The van der Waals surface area contributed by atoms with Gasteiger partial charge in [-0.1, -0.05) is 116 Å². The maximum Gasteiger partial charge on any atom is 0.245 e. The Hall–Kier alpha value is -11.6. The van der Waals surface area contributed by atoms with Crippen LogP contribution >= 0.6 is 11.6 Å². The lowest BCUT2D eigenvalue weighted by atomic mass is 9.99.